The molecule has 0 aromatic heterocycles. The Hall–Kier alpha value is -3.37. The Kier molecular flexibility index (Phi) is 6.15. The molecule has 0 spiro atoms. The molecule has 2 aliphatic heterocycles. The highest BCUT2D eigenvalue weighted by molar-refractivity contribution is 8.18. The number of nitrogens with zero attached hydrogens (tertiary/aromatic N) is 1. The minimum atomic E-state index is -0.577. The molecule has 2 aromatic carbocycles. The van der Waals surface area contributed by atoms with Gasteiger partial charge in [0.15, 0.2) is 23.0 Å². The lowest BCUT2D eigenvalue weighted by molar-refractivity contribution is -0.127. The number of rotatable bonds is 6. The van der Waals surface area contributed by atoms with E-state index in [4.69, 9.17) is 30.5 Å². The van der Waals surface area contributed by atoms with Gasteiger partial charge in [-0.25, -0.2) is 0 Å². The van der Waals surface area contributed by atoms with Gasteiger partial charge >= 0.3 is 0 Å². The number of amides is 3. The smallest absolute Gasteiger partial charge is 0.294 e. The maximum absolute atomic E-state index is 12.7. The summed E-state index contributed by atoms with van der Waals surface area (Å²) in [6.07, 6.45) is 1.51. The molecular formula is C21H17ClN2O7S. The lowest BCUT2D eigenvalue weighted by atomic mass is 10.2. The second-order valence-corrected chi connectivity index (χ2v) is 8.02. The molecule has 3 amide bonds. The first kappa shape index (κ1) is 21.8. The normalized spacial score (nSPS) is 16.0. The number of benzene rings is 2. The van der Waals surface area contributed by atoms with Crippen molar-refractivity contribution in [1.82, 2.24) is 4.90 Å². The molecule has 166 valence electrons. The number of anilines is 1. The van der Waals surface area contributed by atoms with Crippen molar-refractivity contribution < 1.29 is 33.3 Å². The lowest BCUT2D eigenvalue weighted by Gasteiger charge is -2.13. The summed E-state index contributed by atoms with van der Waals surface area (Å²) in [6, 6.07) is 8.12. The Labute approximate surface area is 192 Å². The van der Waals surface area contributed by atoms with Crippen LogP contribution in [0.15, 0.2) is 35.2 Å². The third kappa shape index (κ3) is 4.32. The van der Waals surface area contributed by atoms with E-state index in [0.29, 0.717) is 39.3 Å². The molecule has 2 aliphatic rings. The molecule has 1 saturated heterocycles. The maximum Gasteiger partial charge on any atom is 0.294 e. The average molecular weight is 477 g/mol. The number of hydrogen-bond donors (Lipinski definition) is 1. The summed E-state index contributed by atoms with van der Waals surface area (Å²) in [5.41, 5.74) is 1.00. The maximum atomic E-state index is 12.7. The average Bonchev–Trinajstić information content (AvgIpc) is 3.33. The number of imide groups is 1. The zero-order chi connectivity index (χ0) is 22.8. The predicted octanol–water partition coefficient (Wildman–Crippen LogP) is 3.76. The topological polar surface area (TPSA) is 103 Å². The Balaban J connectivity index is 1.47. The van der Waals surface area contributed by atoms with E-state index in [-0.39, 0.29) is 11.7 Å². The molecule has 9 nitrogen and oxygen atoms in total. The SMILES string of the molecule is COc1cc(/C=C2\SC(=O)N(CC(=O)Nc3ccc4c(c3)OCO4)C2=O)cc(Cl)c1OC. The summed E-state index contributed by atoms with van der Waals surface area (Å²) in [7, 11) is 2.92. The van der Waals surface area contributed by atoms with Gasteiger partial charge in [0.2, 0.25) is 12.7 Å². The van der Waals surface area contributed by atoms with Crippen LogP contribution in [0, 0.1) is 0 Å². The van der Waals surface area contributed by atoms with E-state index in [1.54, 1.807) is 30.3 Å². The summed E-state index contributed by atoms with van der Waals surface area (Å²) in [4.78, 5) is 38.5. The molecule has 11 heteroatoms. The number of carbonyl (C=O) groups is 3. The highest BCUT2D eigenvalue weighted by atomic mass is 35.5. The molecule has 2 heterocycles. The Morgan fingerprint density at radius 1 is 1.19 bits per heavy atom. The number of halogens is 1. The molecule has 0 unspecified atom stereocenters. The van der Waals surface area contributed by atoms with E-state index < -0.39 is 23.6 Å². The molecule has 32 heavy (non-hydrogen) atoms. The number of nitrogens with one attached hydrogen (secondary N) is 1. The molecule has 0 saturated carbocycles. The van der Waals surface area contributed by atoms with Crippen LogP contribution < -0.4 is 24.3 Å². The van der Waals surface area contributed by atoms with Crippen LogP contribution in [0.3, 0.4) is 0 Å². The zero-order valence-corrected chi connectivity index (χ0v) is 18.5. The number of thioether (sulfide) groups is 1. The van der Waals surface area contributed by atoms with Crippen molar-refractivity contribution in [2.75, 3.05) is 32.9 Å². The van der Waals surface area contributed by atoms with Gasteiger partial charge in [0, 0.05) is 11.8 Å². The number of fused-ring (bicyclic) bond motifs is 1. The Bertz CT molecular complexity index is 1150. The van der Waals surface area contributed by atoms with Crippen LogP contribution in [0.2, 0.25) is 5.02 Å². The highest BCUT2D eigenvalue weighted by Gasteiger charge is 2.36. The molecule has 1 N–H and O–H groups in total. The number of methoxy groups -OCH3 is 2. The van der Waals surface area contributed by atoms with Gasteiger partial charge in [-0.05, 0) is 47.7 Å². The highest BCUT2D eigenvalue weighted by Crippen LogP contribution is 2.39. The van der Waals surface area contributed by atoms with Gasteiger partial charge in [-0.15, -0.1) is 0 Å². The number of ether oxygens (including phenoxy) is 4. The van der Waals surface area contributed by atoms with E-state index in [1.165, 1.54) is 20.3 Å². The second-order valence-electron chi connectivity index (χ2n) is 6.62. The van der Waals surface area contributed by atoms with Crippen LogP contribution in [-0.2, 0) is 9.59 Å². The van der Waals surface area contributed by atoms with Gasteiger partial charge in [-0.3, -0.25) is 19.3 Å². The first-order valence-corrected chi connectivity index (χ1v) is 10.5. The van der Waals surface area contributed by atoms with Crippen LogP contribution in [0.25, 0.3) is 6.08 Å². The molecule has 0 radical (unpaired) electrons. The minimum absolute atomic E-state index is 0.112. The minimum Gasteiger partial charge on any atom is -0.493 e. The zero-order valence-electron chi connectivity index (χ0n) is 17.0. The van der Waals surface area contributed by atoms with Crippen molar-refractivity contribution in [3.05, 3.63) is 45.8 Å². The van der Waals surface area contributed by atoms with Crippen molar-refractivity contribution in [2.24, 2.45) is 0 Å². The van der Waals surface area contributed by atoms with Crippen LogP contribution in [0.4, 0.5) is 10.5 Å². The van der Waals surface area contributed by atoms with Crippen molar-refractivity contribution in [1.29, 1.82) is 0 Å². The van der Waals surface area contributed by atoms with E-state index >= 15 is 0 Å². The van der Waals surface area contributed by atoms with Crippen molar-refractivity contribution in [3.8, 4) is 23.0 Å². The fraction of sp³-hybridized carbons (Fsp3) is 0.190. The third-order valence-corrected chi connectivity index (χ3v) is 5.77. The summed E-state index contributed by atoms with van der Waals surface area (Å²) >= 11 is 6.94. The van der Waals surface area contributed by atoms with E-state index in [9.17, 15) is 14.4 Å². The summed E-state index contributed by atoms with van der Waals surface area (Å²) in [5.74, 6) is 0.723. The number of hydrogen-bond acceptors (Lipinski definition) is 8. The molecule has 0 aliphatic carbocycles. The summed E-state index contributed by atoms with van der Waals surface area (Å²) in [5, 5.41) is 2.39. The van der Waals surface area contributed by atoms with Crippen LogP contribution >= 0.6 is 23.4 Å². The Morgan fingerprint density at radius 3 is 2.72 bits per heavy atom. The van der Waals surface area contributed by atoms with Crippen LogP contribution in [0.1, 0.15) is 5.56 Å². The number of carbonyl (C=O) groups excluding carboxylic acids is 3. The van der Waals surface area contributed by atoms with Gasteiger partial charge in [-0.2, -0.15) is 0 Å². The fourth-order valence-corrected chi connectivity index (χ4v) is 4.26. The summed E-state index contributed by atoms with van der Waals surface area (Å²) < 4.78 is 20.9. The Morgan fingerprint density at radius 2 is 1.97 bits per heavy atom. The first-order valence-electron chi connectivity index (χ1n) is 9.26. The van der Waals surface area contributed by atoms with Gasteiger partial charge in [0.05, 0.1) is 24.1 Å². The van der Waals surface area contributed by atoms with Gasteiger partial charge in [0.25, 0.3) is 11.1 Å². The van der Waals surface area contributed by atoms with Gasteiger partial charge < -0.3 is 24.3 Å². The van der Waals surface area contributed by atoms with Crippen molar-refractivity contribution in [2.45, 2.75) is 0 Å². The fourth-order valence-electron chi connectivity index (χ4n) is 3.13. The molecular weight excluding hydrogens is 460 g/mol. The van der Waals surface area contributed by atoms with Crippen molar-refractivity contribution in [3.63, 3.8) is 0 Å². The second kappa shape index (κ2) is 9.01. The van der Waals surface area contributed by atoms with E-state index in [0.717, 1.165) is 16.7 Å². The molecule has 2 aromatic rings. The first-order chi connectivity index (χ1) is 15.4. The molecule has 1 fully saturated rings. The standard InChI is InChI=1S/C21H17ClN2O7S/c1-28-16-6-11(5-13(22)19(16)29-2)7-17-20(26)24(21(27)32-17)9-18(25)23-12-3-4-14-15(8-12)31-10-30-14/h3-8H,9-10H2,1-2H3,(H,23,25)/b17-7-. The monoisotopic (exact) mass is 476 g/mol. The van der Waals surface area contributed by atoms with E-state index in [2.05, 4.69) is 5.32 Å². The van der Waals surface area contributed by atoms with Crippen LogP contribution in [0.5, 0.6) is 23.0 Å². The lowest BCUT2D eigenvalue weighted by Crippen LogP contribution is -2.36. The molecule has 0 bridgehead atoms. The largest absolute Gasteiger partial charge is 0.493 e. The summed E-state index contributed by atoms with van der Waals surface area (Å²) in [6.45, 7) is -0.315. The predicted molar refractivity (Wildman–Crippen MR) is 118 cm³/mol. The van der Waals surface area contributed by atoms with Gasteiger partial charge in [-0.1, -0.05) is 11.6 Å². The van der Waals surface area contributed by atoms with E-state index in [1.807, 2.05) is 0 Å². The third-order valence-electron chi connectivity index (χ3n) is 4.59. The molecule has 0 atom stereocenters. The van der Waals surface area contributed by atoms with Crippen molar-refractivity contribution >= 4 is 52.2 Å². The van der Waals surface area contributed by atoms with Crippen LogP contribution in [-0.4, -0.2) is 49.5 Å². The van der Waals surface area contributed by atoms with Gasteiger partial charge in [0.1, 0.15) is 6.54 Å². The quantitative estimate of drug-likeness (QED) is 0.628. The molecule has 4 rings (SSSR count).